The van der Waals surface area contributed by atoms with Crippen molar-refractivity contribution in [2.45, 2.75) is 32.4 Å². The molecular weight excluding hydrogens is 253 g/mol. The molecule has 0 aliphatic carbocycles. The summed E-state index contributed by atoms with van der Waals surface area (Å²) in [7, 11) is 1.96. The summed E-state index contributed by atoms with van der Waals surface area (Å²) in [6.07, 6.45) is 1.13. The smallest absolute Gasteiger partial charge is 0.140 e. The molecule has 2 atom stereocenters. The molecule has 3 nitrogen and oxygen atoms in total. The van der Waals surface area contributed by atoms with Crippen molar-refractivity contribution in [2.75, 3.05) is 20.1 Å². The van der Waals surface area contributed by atoms with Crippen LogP contribution in [-0.2, 0) is 0 Å². The van der Waals surface area contributed by atoms with Crippen LogP contribution in [0.5, 0.6) is 0 Å². The molecule has 0 aromatic heterocycles. The third kappa shape index (κ3) is 2.84. The van der Waals surface area contributed by atoms with E-state index in [1.807, 2.05) is 19.2 Å². The predicted molar refractivity (Wildman–Crippen MR) is 77.7 cm³/mol. The molecule has 1 aromatic carbocycles. The van der Waals surface area contributed by atoms with Crippen LogP contribution in [0.15, 0.2) is 18.2 Å². The standard InChI is InChI=1S/C16H22FN3/c1-11(2)20-7-6-13(10-19-3)16(20)12-4-5-15(17)14(8-12)9-18/h4-5,8,11,13,16,19H,6-7,10H2,1-3H3. The fraction of sp³-hybridized carbons (Fsp3) is 0.562. The molecule has 1 heterocycles. The molecule has 0 saturated carbocycles. The van der Waals surface area contributed by atoms with Gasteiger partial charge in [-0.1, -0.05) is 6.07 Å². The molecule has 1 N–H and O–H groups in total. The molecule has 0 radical (unpaired) electrons. The van der Waals surface area contributed by atoms with Crippen LogP contribution in [0.3, 0.4) is 0 Å². The van der Waals surface area contributed by atoms with Gasteiger partial charge in [0.1, 0.15) is 11.9 Å². The molecule has 20 heavy (non-hydrogen) atoms. The van der Waals surface area contributed by atoms with E-state index in [1.54, 1.807) is 6.07 Å². The lowest BCUT2D eigenvalue weighted by atomic mass is 9.92. The molecule has 108 valence electrons. The Bertz CT molecular complexity index is 507. The lowest BCUT2D eigenvalue weighted by molar-refractivity contribution is 0.182. The number of nitrogens with zero attached hydrogens (tertiary/aromatic N) is 2. The van der Waals surface area contributed by atoms with Crippen molar-refractivity contribution < 1.29 is 4.39 Å². The molecule has 1 fully saturated rings. The van der Waals surface area contributed by atoms with Gasteiger partial charge >= 0.3 is 0 Å². The average molecular weight is 275 g/mol. The van der Waals surface area contributed by atoms with E-state index in [1.165, 1.54) is 6.07 Å². The monoisotopic (exact) mass is 275 g/mol. The topological polar surface area (TPSA) is 39.1 Å². The van der Waals surface area contributed by atoms with Gasteiger partial charge < -0.3 is 5.32 Å². The summed E-state index contributed by atoms with van der Waals surface area (Å²) in [5.41, 5.74) is 1.19. The van der Waals surface area contributed by atoms with Gasteiger partial charge in [-0.15, -0.1) is 0 Å². The molecule has 4 heteroatoms. The van der Waals surface area contributed by atoms with Crippen LogP contribution < -0.4 is 5.32 Å². The van der Waals surface area contributed by atoms with Gasteiger partial charge in [0.2, 0.25) is 0 Å². The summed E-state index contributed by atoms with van der Waals surface area (Å²) in [5, 5.41) is 12.3. The van der Waals surface area contributed by atoms with Crippen LogP contribution in [-0.4, -0.2) is 31.1 Å². The molecule has 0 spiro atoms. The van der Waals surface area contributed by atoms with E-state index in [2.05, 4.69) is 24.1 Å². The zero-order chi connectivity index (χ0) is 14.7. The second-order valence-corrected chi connectivity index (χ2v) is 5.73. The summed E-state index contributed by atoms with van der Waals surface area (Å²) in [6, 6.07) is 7.60. The number of rotatable bonds is 4. The Morgan fingerprint density at radius 2 is 2.25 bits per heavy atom. The third-order valence-electron chi connectivity index (χ3n) is 4.14. The van der Waals surface area contributed by atoms with E-state index in [9.17, 15) is 4.39 Å². The van der Waals surface area contributed by atoms with E-state index in [4.69, 9.17) is 5.26 Å². The van der Waals surface area contributed by atoms with Crippen molar-refractivity contribution in [1.29, 1.82) is 5.26 Å². The van der Waals surface area contributed by atoms with Crippen LogP contribution in [0, 0.1) is 23.1 Å². The second kappa shape index (κ2) is 6.34. The largest absolute Gasteiger partial charge is 0.319 e. The highest BCUT2D eigenvalue weighted by Crippen LogP contribution is 2.38. The maximum Gasteiger partial charge on any atom is 0.140 e. The first kappa shape index (κ1) is 15.0. The van der Waals surface area contributed by atoms with E-state index < -0.39 is 5.82 Å². The van der Waals surface area contributed by atoms with Crippen LogP contribution in [0.25, 0.3) is 0 Å². The zero-order valence-corrected chi connectivity index (χ0v) is 12.4. The van der Waals surface area contributed by atoms with E-state index >= 15 is 0 Å². The molecule has 2 rings (SSSR count). The molecule has 1 aliphatic heterocycles. The highest BCUT2D eigenvalue weighted by atomic mass is 19.1. The number of nitrogens with one attached hydrogen (secondary N) is 1. The summed E-state index contributed by atoms with van der Waals surface area (Å²) >= 11 is 0. The average Bonchev–Trinajstić information content (AvgIpc) is 2.84. The number of likely N-dealkylation sites (tertiary alicyclic amines) is 1. The van der Waals surface area contributed by atoms with E-state index in [0.29, 0.717) is 12.0 Å². The first-order chi connectivity index (χ1) is 9.58. The molecule has 2 unspecified atom stereocenters. The second-order valence-electron chi connectivity index (χ2n) is 5.73. The summed E-state index contributed by atoms with van der Waals surface area (Å²) in [5.74, 6) is 0.0647. The van der Waals surface area contributed by atoms with Gasteiger partial charge in [0.15, 0.2) is 0 Å². The first-order valence-corrected chi connectivity index (χ1v) is 7.18. The fourth-order valence-corrected chi connectivity index (χ4v) is 3.21. The Balaban J connectivity index is 2.37. The minimum absolute atomic E-state index is 0.140. The lowest BCUT2D eigenvalue weighted by Gasteiger charge is -2.32. The van der Waals surface area contributed by atoms with Crippen LogP contribution in [0.1, 0.15) is 37.4 Å². The summed E-state index contributed by atoms with van der Waals surface area (Å²) in [6.45, 7) is 6.36. The number of hydrogen-bond acceptors (Lipinski definition) is 3. The van der Waals surface area contributed by atoms with Crippen molar-refractivity contribution in [3.05, 3.63) is 35.1 Å². The molecule has 0 bridgehead atoms. The van der Waals surface area contributed by atoms with Gasteiger partial charge in [-0.25, -0.2) is 4.39 Å². The van der Waals surface area contributed by atoms with Crippen molar-refractivity contribution in [3.8, 4) is 6.07 Å². The molecular formula is C16H22FN3. The van der Waals surface area contributed by atoms with E-state index in [0.717, 1.165) is 25.1 Å². The van der Waals surface area contributed by atoms with Crippen molar-refractivity contribution in [2.24, 2.45) is 5.92 Å². The Kier molecular flexibility index (Phi) is 4.74. The van der Waals surface area contributed by atoms with Gasteiger partial charge in [0, 0.05) is 12.1 Å². The maximum absolute atomic E-state index is 13.5. The first-order valence-electron chi connectivity index (χ1n) is 7.18. The normalized spacial score (nSPS) is 23.2. The molecule has 0 amide bonds. The fourth-order valence-electron chi connectivity index (χ4n) is 3.21. The number of nitriles is 1. The van der Waals surface area contributed by atoms with Crippen LogP contribution in [0.4, 0.5) is 4.39 Å². The number of hydrogen-bond donors (Lipinski definition) is 1. The van der Waals surface area contributed by atoms with Gasteiger partial charge in [0.05, 0.1) is 5.56 Å². The SMILES string of the molecule is CNCC1CCN(C(C)C)C1c1ccc(F)c(C#N)c1. The van der Waals surface area contributed by atoms with Gasteiger partial charge in [-0.05, 0) is 64.0 Å². The zero-order valence-electron chi connectivity index (χ0n) is 12.4. The predicted octanol–water partition coefficient (Wildman–Crippen LogP) is 2.69. The van der Waals surface area contributed by atoms with E-state index in [-0.39, 0.29) is 11.6 Å². The number of benzene rings is 1. The van der Waals surface area contributed by atoms with Gasteiger partial charge in [-0.3, -0.25) is 4.90 Å². The molecule has 1 saturated heterocycles. The Morgan fingerprint density at radius 3 is 2.85 bits per heavy atom. The maximum atomic E-state index is 13.5. The van der Waals surface area contributed by atoms with Gasteiger partial charge in [-0.2, -0.15) is 5.26 Å². The third-order valence-corrected chi connectivity index (χ3v) is 4.14. The van der Waals surface area contributed by atoms with Crippen molar-refractivity contribution >= 4 is 0 Å². The minimum Gasteiger partial charge on any atom is -0.319 e. The Morgan fingerprint density at radius 1 is 1.50 bits per heavy atom. The summed E-state index contributed by atoms with van der Waals surface area (Å²) in [4.78, 5) is 2.44. The number of halogens is 1. The molecule has 1 aromatic rings. The molecule has 1 aliphatic rings. The van der Waals surface area contributed by atoms with Gasteiger partial charge in [0.25, 0.3) is 0 Å². The van der Waals surface area contributed by atoms with Crippen molar-refractivity contribution in [1.82, 2.24) is 10.2 Å². The Hall–Kier alpha value is -1.44. The van der Waals surface area contributed by atoms with Crippen LogP contribution in [0.2, 0.25) is 0 Å². The quantitative estimate of drug-likeness (QED) is 0.918. The Labute approximate surface area is 120 Å². The minimum atomic E-state index is -0.435. The summed E-state index contributed by atoms with van der Waals surface area (Å²) < 4.78 is 13.5. The van der Waals surface area contributed by atoms with Crippen LogP contribution >= 0.6 is 0 Å². The lowest BCUT2D eigenvalue weighted by Crippen LogP contribution is -2.34. The van der Waals surface area contributed by atoms with Crippen molar-refractivity contribution in [3.63, 3.8) is 0 Å². The highest BCUT2D eigenvalue weighted by molar-refractivity contribution is 5.36. The highest BCUT2D eigenvalue weighted by Gasteiger charge is 2.36.